The Kier molecular flexibility index (Phi) is 6.52. The predicted octanol–water partition coefficient (Wildman–Crippen LogP) is 4.61. The van der Waals surface area contributed by atoms with Gasteiger partial charge < -0.3 is 9.47 Å². The van der Waals surface area contributed by atoms with Gasteiger partial charge in [-0.15, -0.1) is 0 Å². The van der Waals surface area contributed by atoms with Crippen molar-refractivity contribution >= 4 is 5.91 Å². The van der Waals surface area contributed by atoms with Gasteiger partial charge in [-0.25, -0.2) is 4.98 Å². The van der Waals surface area contributed by atoms with Crippen LogP contribution in [0.25, 0.3) is 0 Å². The summed E-state index contributed by atoms with van der Waals surface area (Å²) in [4.78, 5) is 23.0. The Morgan fingerprint density at radius 2 is 1.71 bits per heavy atom. The van der Waals surface area contributed by atoms with Gasteiger partial charge in [0.25, 0.3) is 0 Å². The van der Waals surface area contributed by atoms with E-state index in [2.05, 4.69) is 71.6 Å². The van der Waals surface area contributed by atoms with Crippen LogP contribution in [0, 0.1) is 0 Å². The van der Waals surface area contributed by atoms with Gasteiger partial charge in [0.15, 0.2) is 0 Å². The van der Waals surface area contributed by atoms with Crippen LogP contribution in [0.4, 0.5) is 0 Å². The predicted molar refractivity (Wildman–Crippen MR) is 123 cm³/mol. The molecule has 2 aromatic carbocycles. The van der Waals surface area contributed by atoms with E-state index in [9.17, 15) is 4.79 Å². The lowest BCUT2D eigenvalue weighted by atomic mass is 9.99. The topological polar surface area (TPSA) is 41.4 Å². The van der Waals surface area contributed by atoms with Crippen LogP contribution in [0.5, 0.6) is 0 Å². The normalized spacial score (nSPS) is 16.3. The van der Waals surface area contributed by atoms with Crippen molar-refractivity contribution in [2.45, 2.75) is 52.4 Å². The van der Waals surface area contributed by atoms with Crippen LogP contribution in [-0.2, 0) is 24.3 Å². The smallest absolute Gasteiger partial charge is 0.246 e. The molecule has 2 heterocycles. The molecule has 0 radical (unpaired) electrons. The summed E-state index contributed by atoms with van der Waals surface area (Å²) in [5.74, 6) is 0.158. The average Bonchev–Trinajstić information content (AvgIpc) is 3.23. The molecule has 0 saturated carbocycles. The number of hydrogen-bond acceptors (Lipinski definition) is 3. The number of aromatic nitrogens is 2. The zero-order valence-electron chi connectivity index (χ0n) is 18.7. The van der Waals surface area contributed by atoms with Gasteiger partial charge in [-0.05, 0) is 31.9 Å². The Hall–Kier alpha value is -2.92. The van der Waals surface area contributed by atoms with E-state index in [0.29, 0.717) is 13.1 Å². The molecule has 0 bridgehead atoms. The lowest BCUT2D eigenvalue weighted by Gasteiger charge is -2.38. The molecular weight excluding hydrogens is 384 g/mol. The lowest BCUT2D eigenvalue weighted by Crippen LogP contribution is -2.46. The summed E-state index contributed by atoms with van der Waals surface area (Å²) >= 11 is 0. The van der Waals surface area contributed by atoms with E-state index < -0.39 is 0 Å². The van der Waals surface area contributed by atoms with Crippen molar-refractivity contribution in [3.05, 3.63) is 89.5 Å². The number of rotatable bonds is 7. The fraction of sp³-hybridized carbons (Fsp3) is 0.385. The second-order valence-electron chi connectivity index (χ2n) is 8.52. The van der Waals surface area contributed by atoms with Gasteiger partial charge in [0.2, 0.25) is 5.91 Å². The Labute approximate surface area is 185 Å². The van der Waals surface area contributed by atoms with Crippen LogP contribution >= 0.6 is 0 Å². The molecule has 0 spiro atoms. The van der Waals surface area contributed by atoms with Crippen molar-refractivity contribution in [1.29, 1.82) is 0 Å². The van der Waals surface area contributed by atoms with Crippen molar-refractivity contribution in [3.8, 4) is 0 Å². The number of nitrogens with zero attached hydrogens (tertiary/aromatic N) is 4. The summed E-state index contributed by atoms with van der Waals surface area (Å²) in [5, 5.41) is 0. The third-order valence-corrected chi connectivity index (χ3v) is 6.10. The molecule has 162 valence electrons. The van der Waals surface area contributed by atoms with Crippen molar-refractivity contribution in [1.82, 2.24) is 19.4 Å². The van der Waals surface area contributed by atoms with Gasteiger partial charge in [0.05, 0.1) is 17.7 Å². The molecule has 0 aliphatic carbocycles. The molecule has 5 heteroatoms. The summed E-state index contributed by atoms with van der Waals surface area (Å²) in [6, 6.07) is 20.6. The van der Waals surface area contributed by atoms with Gasteiger partial charge in [0, 0.05) is 38.6 Å². The van der Waals surface area contributed by atoms with Crippen molar-refractivity contribution in [3.63, 3.8) is 0 Å². The van der Waals surface area contributed by atoms with Crippen LogP contribution in [0.15, 0.2) is 67.0 Å². The highest BCUT2D eigenvalue weighted by molar-refractivity contribution is 5.83. The molecule has 1 atom stereocenters. The second kappa shape index (κ2) is 9.48. The van der Waals surface area contributed by atoms with Crippen LogP contribution in [0.3, 0.4) is 0 Å². The molecule has 4 rings (SSSR count). The fourth-order valence-corrected chi connectivity index (χ4v) is 4.45. The number of likely N-dealkylation sites (N-methyl/N-ethyl adjacent to an activating group) is 1. The molecule has 1 aliphatic rings. The maximum atomic E-state index is 14.0. The van der Waals surface area contributed by atoms with Gasteiger partial charge >= 0.3 is 0 Å². The first-order chi connectivity index (χ1) is 15.1. The summed E-state index contributed by atoms with van der Waals surface area (Å²) in [5.41, 5.74) is 4.51. The number of hydrogen-bond donors (Lipinski definition) is 0. The van der Waals surface area contributed by atoms with E-state index in [0.717, 1.165) is 36.5 Å². The summed E-state index contributed by atoms with van der Waals surface area (Å²) in [6.45, 7) is 9.25. The van der Waals surface area contributed by atoms with E-state index in [1.165, 1.54) is 5.56 Å². The number of carbonyl (C=O) groups excluding carboxylic acids is 1. The molecule has 1 aromatic heterocycles. The largest absolute Gasteiger partial charge is 0.337 e. The third kappa shape index (κ3) is 4.57. The van der Waals surface area contributed by atoms with Crippen LogP contribution in [0.2, 0.25) is 0 Å². The maximum absolute atomic E-state index is 14.0. The van der Waals surface area contributed by atoms with Gasteiger partial charge in [-0.2, -0.15) is 0 Å². The van der Waals surface area contributed by atoms with Crippen molar-refractivity contribution in [2.75, 3.05) is 13.1 Å². The molecule has 3 aromatic rings. The zero-order valence-corrected chi connectivity index (χ0v) is 18.7. The first-order valence-electron chi connectivity index (χ1n) is 11.2. The third-order valence-electron chi connectivity index (χ3n) is 6.10. The van der Waals surface area contributed by atoms with Crippen LogP contribution < -0.4 is 0 Å². The number of benzene rings is 2. The minimum Gasteiger partial charge on any atom is -0.337 e. The summed E-state index contributed by atoms with van der Waals surface area (Å²) in [6.07, 6.45) is 2.78. The SMILES string of the molecule is CCN(Cc1ccccc1)C(=O)[C@@H]1c2c(ncn2C(C)C)CCN1Cc1ccccc1. The molecule has 1 aliphatic heterocycles. The zero-order chi connectivity index (χ0) is 21.8. The molecule has 0 saturated heterocycles. The first-order valence-corrected chi connectivity index (χ1v) is 11.2. The number of carbonyl (C=O) groups is 1. The first kappa shape index (κ1) is 21.3. The maximum Gasteiger partial charge on any atom is 0.246 e. The molecule has 31 heavy (non-hydrogen) atoms. The van der Waals surface area contributed by atoms with Gasteiger partial charge in [0.1, 0.15) is 6.04 Å². The highest BCUT2D eigenvalue weighted by atomic mass is 16.2. The highest BCUT2D eigenvalue weighted by Crippen LogP contribution is 2.34. The van der Waals surface area contributed by atoms with E-state index in [4.69, 9.17) is 0 Å². The monoisotopic (exact) mass is 416 g/mol. The number of imidazole rings is 1. The van der Waals surface area contributed by atoms with E-state index in [-0.39, 0.29) is 18.0 Å². The molecular formula is C26H32N4O. The molecule has 1 amide bonds. The van der Waals surface area contributed by atoms with Crippen molar-refractivity contribution in [2.24, 2.45) is 0 Å². The number of amides is 1. The summed E-state index contributed by atoms with van der Waals surface area (Å²) in [7, 11) is 0. The molecule has 0 unspecified atom stereocenters. The molecule has 0 fully saturated rings. The second-order valence-corrected chi connectivity index (χ2v) is 8.52. The Bertz CT molecular complexity index is 997. The van der Waals surface area contributed by atoms with E-state index in [1.54, 1.807) is 0 Å². The molecule has 0 N–H and O–H groups in total. The Morgan fingerprint density at radius 1 is 1.06 bits per heavy atom. The standard InChI is InChI=1S/C26H32N4O/c1-4-28(17-21-11-7-5-8-12-21)26(31)25-24-23(27-19-30(24)20(2)3)15-16-29(25)18-22-13-9-6-10-14-22/h5-14,19-20,25H,4,15-18H2,1-3H3/t25-/m0/s1. The lowest BCUT2D eigenvalue weighted by molar-refractivity contribution is -0.138. The summed E-state index contributed by atoms with van der Waals surface area (Å²) < 4.78 is 2.19. The van der Waals surface area contributed by atoms with Gasteiger partial charge in [-0.3, -0.25) is 9.69 Å². The minimum absolute atomic E-state index is 0.158. The van der Waals surface area contributed by atoms with Crippen LogP contribution in [0.1, 0.15) is 55.4 Å². The highest BCUT2D eigenvalue weighted by Gasteiger charge is 2.38. The quantitative estimate of drug-likeness (QED) is 0.565. The minimum atomic E-state index is -0.322. The fourth-order valence-electron chi connectivity index (χ4n) is 4.45. The van der Waals surface area contributed by atoms with Crippen LogP contribution in [-0.4, -0.2) is 38.3 Å². The van der Waals surface area contributed by atoms with E-state index >= 15 is 0 Å². The van der Waals surface area contributed by atoms with E-state index in [1.807, 2.05) is 35.5 Å². The Balaban J connectivity index is 1.70. The van der Waals surface area contributed by atoms with Crippen molar-refractivity contribution < 1.29 is 4.79 Å². The Morgan fingerprint density at radius 3 is 2.32 bits per heavy atom. The van der Waals surface area contributed by atoms with Gasteiger partial charge in [-0.1, -0.05) is 60.7 Å². The number of fused-ring (bicyclic) bond motifs is 1. The average molecular weight is 417 g/mol. The molecule has 5 nitrogen and oxygen atoms in total.